The summed E-state index contributed by atoms with van der Waals surface area (Å²) < 4.78 is 0. The Balaban J connectivity index is 1.60. The Morgan fingerprint density at radius 3 is 2.55 bits per heavy atom. The van der Waals surface area contributed by atoms with Crippen LogP contribution in [-0.2, 0) is 4.79 Å². The number of rotatable bonds is 5. The van der Waals surface area contributed by atoms with E-state index in [2.05, 4.69) is 16.0 Å². The Morgan fingerprint density at radius 1 is 1.06 bits per heavy atom. The van der Waals surface area contributed by atoms with Gasteiger partial charge in [0.2, 0.25) is 0 Å². The molecule has 1 amide bonds. The topological polar surface area (TPSA) is 114 Å². The molecule has 4 rings (SSSR count). The minimum absolute atomic E-state index is 0.0959. The van der Waals surface area contributed by atoms with E-state index in [0.717, 1.165) is 16.8 Å². The van der Waals surface area contributed by atoms with E-state index < -0.39 is 5.97 Å². The van der Waals surface area contributed by atoms with Gasteiger partial charge in [0.1, 0.15) is 11.5 Å². The fourth-order valence-electron chi connectivity index (χ4n) is 3.62. The van der Waals surface area contributed by atoms with E-state index in [-0.39, 0.29) is 29.0 Å². The number of phenols is 1. The highest BCUT2D eigenvalue weighted by atomic mass is 16.4. The van der Waals surface area contributed by atoms with Crippen molar-refractivity contribution in [2.45, 2.75) is 26.8 Å². The number of hydrogen-bond donors (Lipinski definition) is 4. The second kappa shape index (κ2) is 8.76. The van der Waals surface area contributed by atoms with Crippen LogP contribution in [0.4, 0.5) is 11.4 Å². The number of carbonyl (C=O) groups is 2. The van der Waals surface area contributed by atoms with Crippen molar-refractivity contribution < 1.29 is 19.8 Å². The second-order valence-corrected chi connectivity index (χ2v) is 7.96. The van der Waals surface area contributed by atoms with Gasteiger partial charge in [0, 0.05) is 5.56 Å². The zero-order valence-corrected chi connectivity index (χ0v) is 18.5. The quantitative estimate of drug-likeness (QED) is 0.348. The van der Waals surface area contributed by atoms with Crippen molar-refractivity contribution in [3.63, 3.8) is 0 Å². The predicted molar refractivity (Wildman–Crippen MR) is 128 cm³/mol. The van der Waals surface area contributed by atoms with Gasteiger partial charge >= 0.3 is 5.97 Å². The average Bonchev–Trinajstić information content (AvgIpc) is 3.08. The second-order valence-electron chi connectivity index (χ2n) is 7.96. The minimum atomic E-state index is -1.05. The largest absolute Gasteiger partial charge is 0.505 e. The molecule has 8 heteroatoms. The van der Waals surface area contributed by atoms with Crippen molar-refractivity contribution in [3.05, 3.63) is 77.4 Å². The number of amides is 1. The van der Waals surface area contributed by atoms with E-state index in [4.69, 9.17) is 0 Å². The van der Waals surface area contributed by atoms with Crippen molar-refractivity contribution in [1.29, 1.82) is 0 Å². The van der Waals surface area contributed by atoms with Crippen molar-refractivity contribution >= 4 is 29.0 Å². The maximum Gasteiger partial charge on any atom is 0.335 e. The number of aromatic carboxylic acids is 1. The van der Waals surface area contributed by atoms with Crippen LogP contribution < -0.4 is 15.9 Å². The van der Waals surface area contributed by atoms with E-state index in [9.17, 15) is 19.8 Å². The van der Waals surface area contributed by atoms with Crippen LogP contribution in [-0.4, -0.2) is 33.8 Å². The Labute approximate surface area is 191 Å². The Kier molecular flexibility index (Phi) is 5.85. The van der Waals surface area contributed by atoms with Crippen LogP contribution in [0.5, 0.6) is 5.75 Å². The molecule has 0 bridgehead atoms. The van der Waals surface area contributed by atoms with Gasteiger partial charge in [0.15, 0.2) is 0 Å². The average molecular weight is 444 g/mol. The van der Waals surface area contributed by atoms with Gasteiger partial charge in [-0.3, -0.25) is 10.2 Å². The first-order valence-corrected chi connectivity index (χ1v) is 10.4. The maximum atomic E-state index is 13.0. The summed E-state index contributed by atoms with van der Waals surface area (Å²) in [7, 11) is 0. The van der Waals surface area contributed by atoms with Gasteiger partial charge in [-0.1, -0.05) is 30.3 Å². The lowest BCUT2D eigenvalue weighted by Crippen LogP contribution is -2.36. The van der Waals surface area contributed by atoms with Gasteiger partial charge < -0.3 is 10.2 Å². The molecule has 0 aromatic heterocycles. The summed E-state index contributed by atoms with van der Waals surface area (Å²) in [6, 6.07) is 16.7. The number of para-hydroxylation sites is 1. The number of benzene rings is 3. The SMILES string of the molecule is Cc1ccc(N2NC(C)/C(=N/Nc3cccc(-c4cccc(C(=O)O)c4)c3O)C2=O)cc1C. The number of hydrazine groups is 1. The third-order valence-electron chi connectivity index (χ3n) is 5.66. The molecule has 1 fully saturated rings. The third kappa shape index (κ3) is 4.28. The molecule has 1 atom stereocenters. The molecule has 1 saturated heterocycles. The molecule has 0 radical (unpaired) electrons. The first-order valence-electron chi connectivity index (χ1n) is 10.4. The number of carboxylic acid groups (broad SMARTS) is 1. The van der Waals surface area contributed by atoms with Gasteiger partial charge in [0.25, 0.3) is 5.91 Å². The van der Waals surface area contributed by atoms with Gasteiger partial charge in [-0.05, 0) is 67.8 Å². The number of anilines is 2. The Bertz CT molecular complexity index is 1290. The number of aromatic hydroxyl groups is 1. The van der Waals surface area contributed by atoms with E-state index in [0.29, 0.717) is 16.8 Å². The predicted octanol–water partition coefficient (Wildman–Crippen LogP) is 4.08. The molecule has 1 heterocycles. The number of carboxylic acids is 1. The number of carbonyl (C=O) groups excluding carboxylic acids is 1. The van der Waals surface area contributed by atoms with Gasteiger partial charge in [0.05, 0.1) is 23.0 Å². The number of phenolic OH excluding ortho intramolecular Hbond substituents is 1. The minimum Gasteiger partial charge on any atom is -0.505 e. The molecular weight excluding hydrogens is 420 g/mol. The maximum absolute atomic E-state index is 13.0. The molecule has 168 valence electrons. The molecule has 33 heavy (non-hydrogen) atoms. The lowest BCUT2D eigenvalue weighted by Gasteiger charge is -2.17. The van der Waals surface area contributed by atoms with E-state index >= 15 is 0 Å². The summed E-state index contributed by atoms with van der Waals surface area (Å²) in [5.41, 5.74) is 10.5. The fourth-order valence-corrected chi connectivity index (χ4v) is 3.62. The van der Waals surface area contributed by atoms with Crippen LogP contribution in [0.15, 0.2) is 65.8 Å². The molecule has 3 aromatic carbocycles. The van der Waals surface area contributed by atoms with Crippen LogP contribution in [0, 0.1) is 13.8 Å². The molecule has 3 aromatic rings. The first kappa shape index (κ1) is 22.0. The molecule has 0 aliphatic carbocycles. The third-order valence-corrected chi connectivity index (χ3v) is 5.66. The molecule has 0 saturated carbocycles. The number of aryl methyl sites for hydroxylation is 2. The number of hydrazone groups is 1. The fraction of sp³-hybridized carbons (Fsp3) is 0.160. The normalized spacial score (nSPS) is 16.9. The van der Waals surface area contributed by atoms with Crippen molar-refractivity contribution in [2.75, 3.05) is 10.4 Å². The summed E-state index contributed by atoms with van der Waals surface area (Å²) in [5, 5.41) is 25.7. The van der Waals surface area contributed by atoms with Crippen molar-refractivity contribution in [3.8, 4) is 16.9 Å². The van der Waals surface area contributed by atoms with Crippen LogP contribution >= 0.6 is 0 Å². The summed E-state index contributed by atoms with van der Waals surface area (Å²) in [5.74, 6) is -1.43. The van der Waals surface area contributed by atoms with E-state index in [1.54, 1.807) is 30.3 Å². The van der Waals surface area contributed by atoms with Crippen molar-refractivity contribution in [1.82, 2.24) is 5.43 Å². The van der Waals surface area contributed by atoms with Gasteiger partial charge in [-0.15, -0.1) is 0 Å². The van der Waals surface area contributed by atoms with Gasteiger partial charge in [-0.25, -0.2) is 15.2 Å². The highest BCUT2D eigenvalue weighted by Crippen LogP contribution is 2.36. The summed E-state index contributed by atoms with van der Waals surface area (Å²) >= 11 is 0. The van der Waals surface area contributed by atoms with E-state index in [1.807, 2.05) is 39.0 Å². The summed E-state index contributed by atoms with van der Waals surface area (Å²) in [6.07, 6.45) is 0. The number of nitrogens with zero attached hydrogens (tertiary/aromatic N) is 2. The molecule has 8 nitrogen and oxygen atoms in total. The zero-order valence-electron chi connectivity index (χ0n) is 18.5. The van der Waals surface area contributed by atoms with Crippen LogP contribution in [0.1, 0.15) is 28.4 Å². The molecule has 1 unspecified atom stereocenters. The monoisotopic (exact) mass is 444 g/mol. The number of hydrogen-bond acceptors (Lipinski definition) is 6. The molecule has 1 aliphatic heterocycles. The van der Waals surface area contributed by atoms with Gasteiger partial charge in [-0.2, -0.15) is 5.10 Å². The summed E-state index contributed by atoms with van der Waals surface area (Å²) in [4.78, 5) is 24.3. The van der Waals surface area contributed by atoms with Crippen LogP contribution in [0.2, 0.25) is 0 Å². The molecule has 0 spiro atoms. The van der Waals surface area contributed by atoms with Crippen LogP contribution in [0.3, 0.4) is 0 Å². The number of nitrogens with one attached hydrogen (secondary N) is 2. The lowest BCUT2D eigenvalue weighted by atomic mass is 10.0. The molecule has 1 aliphatic rings. The zero-order chi connectivity index (χ0) is 23.7. The Morgan fingerprint density at radius 2 is 1.82 bits per heavy atom. The lowest BCUT2D eigenvalue weighted by molar-refractivity contribution is -0.112. The highest BCUT2D eigenvalue weighted by molar-refractivity contribution is 6.47. The first-order chi connectivity index (χ1) is 15.8. The summed E-state index contributed by atoms with van der Waals surface area (Å²) in [6.45, 7) is 5.82. The molecular formula is C25H24N4O4. The molecule has 4 N–H and O–H groups in total. The highest BCUT2D eigenvalue weighted by Gasteiger charge is 2.35. The Hall–Kier alpha value is -4.17. The van der Waals surface area contributed by atoms with Crippen molar-refractivity contribution in [2.24, 2.45) is 5.10 Å². The van der Waals surface area contributed by atoms with E-state index in [1.165, 1.54) is 17.1 Å². The standard InChI is InChI=1S/C25H24N4O4/c1-14-10-11-19(12-15(14)2)29-24(31)22(16(3)28-29)27-26-21-9-5-8-20(23(21)30)17-6-4-7-18(13-17)25(32)33/h4-13,16,26,28,30H,1-3H3,(H,32,33)/b27-22-. The van der Waals surface area contributed by atoms with Crippen LogP contribution in [0.25, 0.3) is 11.1 Å². The smallest absolute Gasteiger partial charge is 0.335 e.